The van der Waals surface area contributed by atoms with Crippen molar-refractivity contribution in [3.05, 3.63) is 54.9 Å². The molecule has 4 aromatic rings. The van der Waals surface area contributed by atoms with Gasteiger partial charge in [0.25, 0.3) is 0 Å². The van der Waals surface area contributed by atoms with Crippen molar-refractivity contribution in [3.8, 4) is 11.4 Å². The van der Waals surface area contributed by atoms with E-state index < -0.39 is 0 Å². The second-order valence-electron chi connectivity index (χ2n) is 6.44. The van der Waals surface area contributed by atoms with Crippen LogP contribution in [-0.2, 0) is 6.54 Å². The molecule has 0 unspecified atom stereocenters. The fraction of sp³-hybridized carbons (Fsp3) is 0.200. The molecular weight excluding hydrogens is 328 g/mol. The first-order valence-electron chi connectivity index (χ1n) is 8.76. The molecule has 1 aliphatic rings. The summed E-state index contributed by atoms with van der Waals surface area (Å²) in [6, 6.07) is 14.2. The number of aromatic nitrogens is 2. The summed E-state index contributed by atoms with van der Waals surface area (Å²) in [5.41, 5.74) is 2.69. The Hall–Kier alpha value is -3.28. The standard InChI is InChI=1S/C20H18N4O2/c25-20-22-9-11-24(20)13-12-23-10-8-21-19(23)16-6-3-5-15-14-4-1-2-7-17(14)26-18(15)16/h1-8,10H,9,11-13H2,(H,22,25). The van der Waals surface area contributed by atoms with E-state index in [4.69, 9.17) is 4.42 Å². The Balaban J connectivity index is 1.54. The van der Waals surface area contributed by atoms with Gasteiger partial charge in [0.1, 0.15) is 17.0 Å². The Morgan fingerprint density at radius 3 is 2.85 bits per heavy atom. The van der Waals surface area contributed by atoms with Crippen molar-refractivity contribution in [2.75, 3.05) is 19.6 Å². The Labute approximate surface area is 150 Å². The molecule has 1 N–H and O–H groups in total. The summed E-state index contributed by atoms with van der Waals surface area (Å²) in [6.45, 7) is 2.82. The first-order valence-corrected chi connectivity index (χ1v) is 8.76. The van der Waals surface area contributed by atoms with E-state index in [0.717, 1.165) is 39.9 Å². The van der Waals surface area contributed by atoms with Gasteiger partial charge < -0.3 is 19.2 Å². The summed E-state index contributed by atoms with van der Waals surface area (Å²) in [4.78, 5) is 18.1. The van der Waals surface area contributed by atoms with E-state index in [-0.39, 0.29) is 6.03 Å². The van der Waals surface area contributed by atoms with Gasteiger partial charge in [-0.15, -0.1) is 0 Å². The SMILES string of the molecule is O=C1NCCN1CCn1ccnc1-c1cccc2c1oc1ccccc12. The second kappa shape index (κ2) is 5.91. The van der Waals surface area contributed by atoms with E-state index in [1.807, 2.05) is 41.4 Å². The number of hydrogen-bond donors (Lipinski definition) is 1. The summed E-state index contributed by atoms with van der Waals surface area (Å²) in [5, 5.41) is 5.03. The highest BCUT2D eigenvalue weighted by atomic mass is 16.3. The third-order valence-electron chi connectivity index (χ3n) is 4.92. The molecule has 6 nitrogen and oxygen atoms in total. The van der Waals surface area contributed by atoms with Crippen LogP contribution in [0.25, 0.3) is 33.3 Å². The summed E-state index contributed by atoms with van der Waals surface area (Å²) in [7, 11) is 0. The molecule has 1 fully saturated rings. The molecule has 2 aromatic heterocycles. The summed E-state index contributed by atoms with van der Waals surface area (Å²) in [6.07, 6.45) is 3.74. The van der Waals surface area contributed by atoms with Gasteiger partial charge in [-0.2, -0.15) is 0 Å². The monoisotopic (exact) mass is 346 g/mol. The highest BCUT2D eigenvalue weighted by Gasteiger charge is 2.20. The van der Waals surface area contributed by atoms with Gasteiger partial charge >= 0.3 is 6.03 Å². The van der Waals surface area contributed by atoms with Crippen molar-refractivity contribution < 1.29 is 9.21 Å². The highest BCUT2D eigenvalue weighted by Crippen LogP contribution is 2.34. The Bertz CT molecular complexity index is 1110. The quantitative estimate of drug-likeness (QED) is 0.615. The number of imidazole rings is 1. The Morgan fingerprint density at radius 1 is 1.08 bits per heavy atom. The van der Waals surface area contributed by atoms with E-state index in [1.54, 1.807) is 6.20 Å². The summed E-state index contributed by atoms with van der Waals surface area (Å²) >= 11 is 0. The average Bonchev–Trinajstić information content (AvgIpc) is 3.37. The molecule has 0 aliphatic carbocycles. The van der Waals surface area contributed by atoms with Crippen molar-refractivity contribution in [2.45, 2.75) is 6.54 Å². The molecule has 0 saturated carbocycles. The maximum absolute atomic E-state index is 11.7. The van der Waals surface area contributed by atoms with Crippen LogP contribution in [0.2, 0.25) is 0 Å². The number of benzene rings is 2. The molecule has 0 radical (unpaired) electrons. The number of furan rings is 1. The number of nitrogens with zero attached hydrogens (tertiary/aromatic N) is 3. The van der Waals surface area contributed by atoms with Gasteiger partial charge in [-0.25, -0.2) is 9.78 Å². The molecule has 1 aliphatic heterocycles. The lowest BCUT2D eigenvalue weighted by atomic mass is 10.1. The van der Waals surface area contributed by atoms with Crippen LogP contribution in [0.5, 0.6) is 0 Å². The van der Waals surface area contributed by atoms with Crippen molar-refractivity contribution in [1.29, 1.82) is 0 Å². The molecule has 130 valence electrons. The number of fused-ring (bicyclic) bond motifs is 3. The van der Waals surface area contributed by atoms with Crippen LogP contribution in [0.1, 0.15) is 0 Å². The van der Waals surface area contributed by atoms with Crippen LogP contribution in [0.4, 0.5) is 4.79 Å². The minimum Gasteiger partial charge on any atom is -0.455 e. The first-order chi connectivity index (χ1) is 12.8. The number of carbonyl (C=O) groups excluding carboxylic acids is 1. The van der Waals surface area contributed by atoms with Crippen molar-refractivity contribution >= 4 is 28.0 Å². The Morgan fingerprint density at radius 2 is 1.96 bits per heavy atom. The zero-order valence-corrected chi connectivity index (χ0v) is 14.2. The molecule has 5 rings (SSSR count). The topological polar surface area (TPSA) is 63.3 Å². The number of amides is 2. The summed E-state index contributed by atoms with van der Waals surface area (Å²) < 4.78 is 8.21. The molecule has 2 aromatic carbocycles. The van der Waals surface area contributed by atoms with E-state index in [1.165, 1.54) is 0 Å². The van der Waals surface area contributed by atoms with Gasteiger partial charge in [0.15, 0.2) is 0 Å². The molecule has 0 spiro atoms. The normalized spacial score (nSPS) is 14.5. The van der Waals surface area contributed by atoms with Crippen LogP contribution >= 0.6 is 0 Å². The van der Waals surface area contributed by atoms with Crippen LogP contribution in [-0.4, -0.2) is 40.1 Å². The summed E-state index contributed by atoms with van der Waals surface area (Å²) in [5.74, 6) is 0.856. The molecule has 6 heteroatoms. The van der Waals surface area contributed by atoms with Crippen molar-refractivity contribution in [2.24, 2.45) is 0 Å². The number of rotatable bonds is 4. The van der Waals surface area contributed by atoms with Crippen LogP contribution in [0.15, 0.2) is 59.3 Å². The maximum atomic E-state index is 11.7. The Kier molecular flexibility index (Phi) is 3.41. The molecule has 26 heavy (non-hydrogen) atoms. The number of nitrogens with one attached hydrogen (secondary N) is 1. The van der Waals surface area contributed by atoms with E-state index >= 15 is 0 Å². The van der Waals surface area contributed by atoms with Crippen LogP contribution in [0.3, 0.4) is 0 Å². The fourth-order valence-electron chi connectivity index (χ4n) is 3.61. The van der Waals surface area contributed by atoms with Gasteiger partial charge in [0.05, 0.1) is 5.56 Å². The van der Waals surface area contributed by atoms with Gasteiger partial charge in [-0.3, -0.25) is 0 Å². The highest BCUT2D eigenvalue weighted by molar-refractivity contribution is 6.09. The second-order valence-corrected chi connectivity index (χ2v) is 6.44. The molecular formula is C20H18N4O2. The third-order valence-corrected chi connectivity index (χ3v) is 4.92. The lowest BCUT2D eigenvalue weighted by molar-refractivity contribution is 0.215. The number of hydrogen-bond acceptors (Lipinski definition) is 3. The zero-order valence-electron chi connectivity index (χ0n) is 14.2. The molecule has 0 atom stereocenters. The number of urea groups is 1. The van der Waals surface area contributed by atoms with Crippen molar-refractivity contribution in [3.63, 3.8) is 0 Å². The maximum Gasteiger partial charge on any atom is 0.317 e. The fourth-order valence-corrected chi connectivity index (χ4v) is 3.61. The van der Waals surface area contributed by atoms with Gasteiger partial charge in [0.2, 0.25) is 0 Å². The molecule has 3 heterocycles. The predicted octanol–water partition coefficient (Wildman–Crippen LogP) is 3.47. The first kappa shape index (κ1) is 15.0. The predicted molar refractivity (Wildman–Crippen MR) is 99.9 cm³/mol. The van der Waals surface area contributed by atoms with Crippen LogP contribution < -0.4 is 5.32 Å². The third kappa shape index (κ3) is 2.34. The zero-order chi connectivity index (χ0) is 17.5. The average molecular weight is 346 g/mol. The molecule has 0 bridgehead atoms. The largest absolute Gasteiger partial charge is 0.455 e. The minimum absolute atomic E-state index is 0.00560. The number of para-hydroxylation sites is 2. The lowest BCUT2D eigenvalue weighted by Crippen LogP contribution is -2.31. The van der Waals surface area contributed by atoms with Gasteiger partial charge in [0, 0.05) is 49.3 Å². The van der Waals surface area contributed by atoms with Gasteiger partial charge in [-0.05, 0) is 12.1 Å². The number of carbonyl (C=O) groups is 1. The molecule has 1 saturated heterocycles. The van der Waals surface area contributed by atoms with Gasteiger partial charge in [-0.1, -0.05) is 30.3 Å². The van der Waals surface area contributed by atoms with Crippen LogP contribution in [0, 0.1) is 0 Å². The van der Waals surface area contributed by atoms with E-state index in [9.17, 15) is 4.79 Å². The minimum atomic E-state index is 0.00560. The lowest BCUT2D eigenvalue weighted by Gasteiger charge is -2.15. The van der Waals surface area contributed by atoms with E-state index in [0.29, 0.717) is 19.6 Å². The smallest absolute Gasteiger partial charge is 0.317 e. The van der Waals surface area contributed by atoms with E-state index in [2.05, 4.69) is 27.0 Å². The van der Waals surface area contributed by atoms with Crippen molar-refractivity contribution in [1.82, 2.24) is 19.8 Å². The molecule has 2 amide bonds.